The lowest BCUT2D eigenvalue weighted by Gasteiger charge is -2.30. The average molecular weight is 442 g/mol. The van der Waals surface area contributed by atoms with Crippen molar-refractivity contribution in [3.8, 4) is 0 Å². The maximum absolute atomic E-state index is 12.6. The second-order valence-corrected chi connectivity index (χ2v) is 9.84. The summed E-state index contributed by atoms with van der Waals surface area (Å²) in [7, 11) is -3.62. The van der Waals surface area contributed by atoms with E-state index in [0.717, 1.165) is 41.0 Å². The zero-order chi connectivity index (χ0) is 22.0. The predicted octanol–water partition coefficient (Wildman–Crippen LogP) is 3.52. The van der Waals surface area contributed by atoms with Crippen LogP contribution in [0.15, 0.2) is 51.8 Å². The van der Waals surface area contributed by atoms with Crippen molar-refractivity contribution in [3.63, 3.8) is 0 Å². The molecule has 2 heterocycles. The van der Waals surface area contributed by atoms with E-state index in [-0.39, 0.29) is 29.7 Å². The van der Waals surface area contributed by atoms with E-state index in [9.17, 15) is 13.2 Å². The van der Waals surface area contributed by atoms with E-state index in [0.29, 0.717) is 13.1 Å². The number of hydrogen-bond donors (Lipinski definition) is 1. The van der Waals surface area contributed by atoms with Crippen LogP contribution in [-0.4, -0.2) is 43.8 Å². The van der Waals surface area contributed by atoms with Gasteiger partial charge < -0.3 is 9.32 Å². The summed E-state index contributed by atoms with van der Waals surface area (Å²) in [5.41, 5.74) is 3.59. The Morgan fingerprint density at radius 1 is 1.13 bits per heavy atom. The zero-order valence-corrected chi connectivity index (χ0v) is 18.6. The summed E-state index contributed by atoms with van der Waals surface area (Å²) in [5, 5.41) is 0. The molecule has 1 aromatic heterocycles. The third kappa shape index (κ3) is 4.80. The fraction of sp³-hybridized carbons (Fsp3) is 0.391. The molecule has 1 fully saturated rings. The molecule has 31 heavy (non-hydrogen) atoms. The van der Waals surface area contributed by atoms with E-state index in [1.807, 2.05) is 38.1 Å². The molecule has 8 heteroatoms. The van der Waals surface area contributed by atoms with Crippen molar-refractivity contribution < 1.29 is 17.6 Å². The first-order chi connectivity index (χ1) is 14.8. The molecule has 7 nitrogen and oxygen atoms in total. The first-order valence-corrected chi connectivity index (χ1v) is 12.0. The van der Waals surface area contributed by atoms with Crippen LogP contribution < -0.4 is 4.72 Å². The number of likely N-dealkylation sites (tertiary alicyclic amines) is 1. The molecule has 0 spiro atoms. The maximum Gasteiger partial charge on any atom is 0.240 e. The first kappa shape index (κ1) is 21.5. The summed E-state index contributed by atoms with van der Waals surface area (Å²) in [6, 6.07) is 12.7. The molecule has 0 bridgehead atoms. The van der Waals surface area contributed by atoms with Gasteiger partial charge in [-0.25, -0.2) is 18.1 Å². The minimum atomic E-state index is -3.62. The molecule has 0 unspecified atom stereocenters. The number of rotatable bonds is 6. The predicted molar refractivity (Wildman–Crippen MR) is 118 cm³/mol. The lowest BCUT2D eigenvalue weighted by Crippen LogP contribution is -2.39. The lowest BCUT2D eigenvalue weighted by molar-refractivity contribution is -0.132. The minimum Gasteiger partial charge on any atom is -0.440 e. The van der Waals surface area contributed by atoms with Crippen LogP contribution in [0.25, 0.3) is 11.1 Å². The Labute approximate surface area is 182 Å². The number of carbonyl (C=O) groups excluding carboxylic acids is 1. The summed E-state index contributed by atoms with van der Waals surface area (Å²) in [6.07, 6.45) is 1.71. The van der Waals surface area contributed by atoms with E-state index in [2.05, 4.69) is 9.71 Å². The second-order valence-electron chi connectivity index (χ2n) is 8.07. The molecule has 1 aliphatic heterocycles. The number of nitrogens with zero attached hydrogens (tertiary/aromatic N) is 2. The summed E-state index contributed by atoms with van der Waals surface area (Å²) in [5.74, 6) is 0.882. The SMILES string of the molecule is Cc1ccc(S(=O)(=O)NCCC(=O)N2CCC(c3nc4ccccc4o3)CC2)cc1C. The van der Waals surface area contributed by atoms with Gasteiger partial charge in [0.25, 0.3) is 0 Å². The quantitative estimate of drug-likeness (QED) is 0.632. The van der Waals surface area contributed by atoms with Gasteiger partial charge in [-0.1, -0.05) is 18.2 Å². The number of hydrogen-bond acceptors (Lipinski definition) is 5. The van der Waals surface area contributed by atoms with E-state index in [4.69, 9.17) is 4.42 Å². The molecule has 1 N–H and O–H groups in total. The first-order valence-electron chi connectivity index (χ1n) is 10.5. The minimum absolute atomic E-state index is 0.0428. The number of sulfonamides is 1. The van der Waals surface area contributed by atoms with Gasteiger partial charge in [0.1, 0.15) is 5.52 Å². The largest absolute Gasteiger partial charge is 0.440 e. The Kier molecular flexibility index (Phi) is 6.11. The van der Waals surface area contributed by atoms with Gasteiger partial charge in [-0.3, -0.25) is 4.79 Å². The van der Waals surface area contributed by atoms with Crippen LogP contribution in [-0.2, 0) is 14.8 Å². The van der Waals surface area contributed by atoms with Gasteiger partial charge in [-0.2, -0.15) is 0 Å². The van der Waals surface area contributed by atoms with E-state index >= 15 is 0 Å². The van der Waals surface area contributed by atoms with Crippen LogP contribution >= 0.6 is 0 Å². The summed E-state index contributed by atoms with van der Waals surface area (Å²) >= 11 is 0. The van der Waals surface area contributed by atoms with Crippen molar-refractivity contribution in [1.82, 2.24) is 14.6 Å². The van der Waals surface area contributed by atoms with Crippen LogP contribution in [0.2, 0.25) is 0 Å². The Morgan fingerprint density at radius 3 is 2.58 bits per heavy atom. The number of carbonyl (C=O) groups is 1. The van der Waals surface area contributed by atoms with Gasteiger partial charge in [-0.15, -0.1) is 0 Å². The molecule has 1 saturated heterocycles. The molecule has 164 valence electrons. The number of piperidine rings is 1. The van der Waals surface area contributed by atoms with Crippen LogP contribution in [0.4, 0.5) is 0 Å². The lowest BCUT2D eigenvalue weighted by atomic mass is 9.96. The van der Waals surface area contributed by atoms with E-state index in [1.54, 1.807) is 23.1 Å². The van der Waals surface area contributed by atoms with Crippen LogP contribution in [0, 0.1) is 13.8 Å². The third-order valence-corrected chi connectivity index (χ3v) is 7.39. The maximum atomic E-state index is 12.6. The van der Waals surface area contributed by atoms with Gasteiger partial charge in [0, 0.05) is 32.0 Å². The Hall–Kier alpha value is -2.71. The smallest absolute Gasteiger partial charge is 0.240 e. The number of oxazole rings is 1. The Bertz CT molecular complexity index is 1160. The monoisotopic (exact) mass is 441 g/mol. The number of amides is 1. The summed E-state index contributed by atoms with van der Waals surface area (Å²) in [4.78, 5) is 19.2. The molecule has 0 radical (unpaired) electrons. The van der Waals surface area contributed by atoms with E-state index in [1.165, 1.54) is 0 Å². The normalized spacial score (nSPS) is 15.5. The molecular formula is C23H27N3O4S. The number of para-hydroxylation sites is 2. The van der Waals surface area contributed by atoms with Gasteiger partial charge in [-0.05, 0) is 62.1 Å². The summed E-state index contributed by atoms with van der Waals surface area (Å²) < 4.78 is 33.4. The van der Waals surface area contributed by atoms with Crippen molar-refractivity contribution in [1.29, 1.82) is 0 Å². The number of aryl methyl sites for hydroxylation is 2. The van der Waals surface area contributed by atoms with Gasteiger partial charge in [0.15, 0.2) is 11.5 Å². The van der Waals surface area contributed by atoms with Crippen molar-refractivity contribution in [2.24, 2.45) is 0 Å². The Balaban J connectivity index is 1.27. The highest BCUT2D eigenvalue weighted by Gasteiger charge is 2.27. The molecule has 3 aromatic rings. The third-order valence-electron chi connectivity index (χ3n) is 5.93. The van der Waals surface area contributed by atoms with Crippen LogP contribution in [0.5, 0.6) is 0 Å². The fourth-order valence-corrected chi connectivity index (χ4v) is 4.97. The molecule has 4 rings (SSSR count). The van der Waals surface area contributed by atoms with Crippen molar-refractivity contribution >= 4 is 27.0 Å². The number of aromatic nitrogens is 1. The number of fused-ring (bicyclic) bond motifs is 1. The standard InChI is InChI=1S/C23H27N3O4S/c1-16-7-8-19(15-17(16)2)31(28,29)24-12-9-22(27)26-13-10-18(11-14-26)23-25-20-5-3-4-6-21(20)30-23/h3-8,15,18,24H,9-14H2,1-2H3. The van der Waals surface area contributed by atoms with Gasteiger partial charge >= 0.3 is 0 Å². The average Bonchev–Trinajstić information content (AvgIpc) is 3.20. The number of benzene rings is 2. The van der Waals surface area contributed by atoms with Gasteiger partial charge in [0.05, 0.1) is 4.90 Å². The van der Waals surface area contributed by atoms with Crippen LogP contribution in [0.3, 0.4) is 0 Å². The van der Waals surface area contributed by atoms with Crippen molar-refractivity contribution in [2.45, 2.75) is 43.9 Å². The molecule has 0 atom stereocenters. The Morgan fingerprint density at radius 2 is 1.87 bits per heavy atom. The molecule has 2 aromatic carbocycles. The highest BCUT2D eigenvalue weighted by molar-refractivity contribution is 7.89. The number of nitrogens with one attached hydrogen (secondary N) is 1. The molecule has 0 aliphatic carbocycles. The zero-order valence-electron chi connectivity index (χ0n) is 17.8. The fourth-order valence-electron chi connectivity index (χ4n) is 3.86. The summed E-state index contributed by atoms with van der Waals surface area (Å²) in [6.45, 7) is 5.13. The molecule has 1 aliphatic rings. The van der Waals surface area contributed by atoms with Gasteiger partial charge in [0.2, 0.25) is 15.9 Å². The van der Waals surface area contributed by atoms with E-state index < -0.39 is 10.0 Å². The second kappa shape index (κ2) is 8.80. The molecule has 0 saturated carbocycles. The molecular weight excluding hydrogens is 414 g/mol. The van der Waals surface area contributed by atoms with Crippen molar-refractivity contribution in [2.75, 3.05) is 19.6 Å². The van der Waals surface area contributed by atoms with Crippen molar-refractivity contribution in [3.05, 3.63) is 59.5 Å². The van der Waals surface area contributed by atoms with Crippen LogP contribution in [0.1, 0.15) is 42.2 Å². The topological polar surface area (TPSA) is 92.5 Å². The highest BCUT2D eigenvalue weighted by Crippen LogP contribution is 2.30. The highest BCUT2D eigenvalue weighted by atomic mass is 32.2. The molecule has 1 amide bonds.